The first-order valence-corrected chi connectivity index (χ1v) is 10.8. The molecular formula is C26H24N4O2. The highest BCUT2D eigenvalue weighted by Gasteiger charge is 2.13. The number of hydrogen-bond donors (Lipinski definition) is 1. The Bertz CT molecular complexity index is 1210. The molecule has 160 valence electrons. The summed E-state index contributed by atoms with van der Waals surface area (Å²) in [7, 11) is 0. The Morgan fingerprint density at radius 3 is 2.44 bits per heavy atom. The molecule has 0 radical (unpaired) electrons. The summed E-state index contributed by atoms with van der Waals surface area (Å²) in [5.41, 5.74) is 3.54. The van der Waals surface area contributed by atoms with Gasteiger partial charge in [-0.05, 0) is 40.6 Å². The van der Waals surface area contributed by atoms with Crippen molar-refractivity contribution >= 4 is 28.2 Å². The quantitative estimate of drug-likeness (QED) is 0.517. The Hall–Kier alpha value is -3.77. The number of morpholine rings is 1. The minimum Gasteiger partial charge on any atom is -0.378 e. The van der Waals surface area contributed by atoms with Crippen LogP contribution in [0.1, 0.15) is 5.56 Å². The molecule has 5 rings (SSSR count). The van der Waals surface area contributed by atoms with Gasteiger partial charge in [0.2, 0.25) is 5.91 Å². The molecule has 6 nitrogen and oxygen atoms in total. The third-order valence-electron chi connectivity index (χ3n) is 5.68. The van der Waals surface area contributed by atoms with Crippen molar-refractivity contribution in [1.29, 1.82) is 0 Å². The zero-order valence-corrected chi connectivity index (χ0v) is 17.7. The molecule has 3 aromatic carbocycles. The van der Waals surface area contributed by atoms with Crippen molar-refractivity contribution in [2.75, 3.05) is 36.5 Å². The number of fused-ring (bicyclic) bond motifs is 1. The number of benzene rings is 3. The maximum atomic E-state index is 12.6. The summed E-state index contributed by atoms with van der Waals surface area (Å²) in [6, 6.07) is 25.8. The van der Waals surface area contributed by atoms with Gasteiger partial charge in [-0.15, -0.1) is 10.2 Å². The Morgan fingerprint density at radius 1 is 0.875 bits per heavy atom. The average Bonchev–Trinajstić information content (AvgIpc) is 2.85. The lowest BCUT2D eigenvalue weighted by Gasteiger charge is -2.27. The first-order chi connectivity index (χ1) is 15.8. The van der Waals surface area contributed by atoms with Crippen LogP contribution in [-0.2, 0) is 16.0 Å². The smallest absolute Gasteiger partial charge is 0.228 e. The number of rotatable bonds is 5. The van der Waals surface area contributed by atoms with Gasteiger partial charge in [-0.3, -0.25) is 4.79 Å². The lowest BCUT2D eigenvalue weighted by Crippen LogP contribution is -2.36. The van der Waals surface area contributed by atoms with Crippen LogP contribution in [-0.4, -0.2) is 42.4 Å². The standard InChI is InChI=1S/C26H24N4O2/c31-26(18-21-6-3-5-19-4-1-2-7-23(19)21)27-22-10-8-20(9-11-22)24-12-13-25(29-28-24)30-14-16-32-17-15-30/h1-13H,14-18H2,(H,27,31). The van der Waals surface area contributed by atoms with E-state index >= 15 is 0 Å². The fourth-order valence-corrected chi connectivity index (χ4v) is 3.99. The predicted octanol–water partition coefficient (Wildman–Crippen LogP) is 4.31. The molecule has 1 amide bonds. The van der Waals surface area contributed by atoms with Crippen LogP contribution < -0.4 is 10.2 Å². The third-order valence-corrected chi connectivity index (χ3v) is 5.68. The van der Waals surface area contributed by atoms with Crippen LogP contribution in [0.4, 0.5) is 11.5 Å². The van der Waals surface area contributed by atoms with Crippen molar-refractivity contribution in [2.24, 2.45) is 0 Å². The summed E-state index contributed by atoms with van der Waals surface area (Å²) in [4.78, 5) is 14.8. The van der Waals surface area contributed by atoms with E-state index in [0.717, 1.165) is 65.4 Å². The molecule has 0 bridgehead atoms. The molecule has 0 aliphatic carbocycles. The number of nitrogens with zero attached hydrogens (tertiary/aromatic N) is 3. The van der Waals surface area contributed by atoms with Crippen LogP contribution in [0.25, 0.3) is 22.0 Å². The van der Waals surface area contributed by atoms with Gasteiger partial charge in [0.05, 0.1) is 25.3 Å². The second kappa shape index (κ2) is 9.16. The summed E-state index contributed by atoms with van der Waals surface area (Å²) >= 11 is 0. The molecule has 1 aliphatic rings. The van der Waals surface area contributed by atoms with E-state index in [-0.39, 0.29) is 5.91 Å². The van der Waals surface area contributed by atoms with Crippen LogP contribution in [0.3, 0.4) is 0 Å². The van der Waals surface area contributed by atoms with Gasteiger partial charge >= 0.3 is 0 Å². The van der Waals surface area contributed by atoms with E-state index in [0.29, 0.717) is 6.42 Å². The molecule has 1 saturated heterocycles. The van der Waals surface area contributed by atoms with E-state index < -0.39 is 0 Å². The van der Waals surface area contributed by atoms with Crippen LogP contribution in [0, 0.1) is 0 Å². The number of anilines is 2. The maximum absolute atomic E-state index is 12.6. The number of nitrogens with one attached hydrogen (secondary N) is 1. The van der Waals surface area contributed by atoms with Crippen LogP contribution in [0.15, 0.2) is 78.9 Å². The molecule has 0 atom stereocenters. The number of carbonyl (C=O) groups excluding carboxylic acids is 1. The Labute approximate surface area is 186 Å². The summed E-state index contributed by atoms with van der Waals surface area (Å²) in [6.07, 6.45) is 0.331. The topological polar surface area (TPSA) is 67.4 Å². The number of ether oxygens (including phenoxy) is 1. The van der Waals surface area contributed by atoms with E-state index in [1.54, 1.807) is 0 Å². The van der Waals surface area contributed by atoms with Gasteiger partial charge in [0.1, 0.15) is 0 Å². The lowest BCUT2D eigenvalue weighted by molar-refractivity contribution is -0.115. The molecule has 2 heterocycles. The van der Waals surface area contributed by atoms with Crippen molar-refractivity contribution < 1.29 is 9.53 Å². The largest absolute Gasteiger partial charge is 0.378 e. The molecule has 0 saturated carbocycles. The van der Waals surface area contributed by atoms with E-state index in [1.165, 1.54) is 0 Å². The Balaban J connectivity index is 1.24. The highest BCUT2D eigenvalue weighted by molar-refractivity contribution is 5.96. The van der Waals surface area contributed by atoms with Gasteiger partial charge in [0, 0.05) is 24.3 Å². The normalized spacial score (nSPS) is 13.8. The molecule has 1 aromatic heterocycles. The first-order valence-electron chi connectivity index (χ1n) is 10.8. The molecular weight excluding hydrogens is 400 g/mol. The van der Waals surface area contributed by atoms with Gasteiger partial charge in [-0.25, -0.2) is 0 Å². The van der Waals surface area contributed by atoms with E-state index in [9.17, 15) is 4.79 Å². The summed E-state index contributed by atoms with van der Waals surface area (Å²) in [6.45, 7) is 3.11. The number of hydrogen-bond acceptors (Lipinski definition) is 5. The van der Waals surface area contributed by atoms with Gasteiger partial charge in [-0.2, -0.15) is 0 Å². The maximum Gasteiger partial charge on any atom is 0.228 e. The molecule has 32 heavy (non-hydrogen) atoms. The van der Waals surface area contributed by atoms with Crippen molar-refractivity contribution in [2.45, 2.75) is 6.42 Å². The Morgan fingerprint density at radius 2 is 1.66 bits per heavy atom. The van der Waals surface area contributed by atoms with Gasteiger partial charge in [-0.1, -0.05) is 54.6 Å². The molecule has 1 fully saturated rings. The molecule has 6 heteroatoms. The zero-order valence-electron chi connectivity index (χ0n) is 17.7. The van der Waals surface area contributed by atoms with Crippen molar-refractivity contribution in [3.05, 3.63) is 84.4 Å². The summed E-state index contributed by atoms with van der Waals surface area (Å²) in [5, 5.41) is 14.0. The summed E-state index contributed by atoms with van der Waals surface area (Å²) in [5.74, 6) is 0.832. The number of amides is 1. The van der Waals surface area contributed by atoms with Crippen molar-refractivity contribution in [3.8, 4) is 11.3 Å². The van der Waals surface area contributed by atoms with Crippen LogP contribution in [0.2, 0.25) is 0 Å². The summed E-state index contributed by atoms with van der Waals surface area (Å²) < 4.78 is 5.39. The third kappa shape index (κ3) is 4.45. The highest BCUT2D eigenvalue weighted by Crippen LogP contribution is 2.22. The molecule has 0 unspecified atom stereocenters. The molecule has 1 aliphatic heterocycles. The molecule has 1 N–H and O–H groups in total. The van der Waals surface area contributed by atoms with Crippen LogP contribution in [0.5, 0.6) is 0 Å². The van der Waals surface area contributed by atoms with E-state index in [1.807, 2.05) is 60.7 Å². The van der Waals surface area contributed by atoms with E-state index in [2.05, 4.69) is 38.6 Å². The lowest BCUT2D eigenvalue weighted by atomic mass is 10.0. The SMILES string of the molecule is O=C(Cc1cccc2ccccc12)Nc1ccc(-c2ccc(N3CCOCC3)nn2)cc1. The fraction of sp³-hybridized carbons (Fsp3) is 0.192. The minimum atomic E-state index is -0.0382. The highest BCUT2D eigenvalue weighted by atomic mass is 16.5. The fourth-order valence-electron chi connectivity index (χ4n) is 3.99. The average molecular weight is 425 g/mol. The monoisotopic (exact) mass is 424 g/mol. The minimum absolute atomic E-state index is 0.0382. The van der Waals surface area contributed by atoms with Crippen molar-refractivity contribution in [3.63, 3.8) is 0 Å². The van der Waals surface area contributed by atoms with Gasteiger partial charge in [0.25, 0.3) is 0 Å². The second-order valence-electron chi connectivity index (χ2n) is 7.82. The molecule has 0 spiro atoms. The van der Waals surface area contributed by atoms with Crippen molar-refractivity contribution in [1.82, 2.24) is 10.2 Å². The van der Waals surface area contributed by atoms with Gasteiger partial charge < -0.3 is 15.0 Å². The zero-order chi connectivity index (χ0) is 21.8. The van der Waals surface area contributed by atoms with Crippen LogP contribution >= 0.6 is 0 Å². The van der Waals surface area contributed by atoms with Gasteiger partial charge in [0.15, 0.2) is 5.82 Å². The van der Waals surface area contributed by atoms with E-state index in [4.69, 9.17) is 4.74 Å². The molecule has 4 aromatic rings. The predicted molar refractivity (Wildman–Crippen MR) is 127 cm³/mol. The Kier molecular flexibility index (Phi) is 5.77. The number of aromatic nitrogens is 2. The number of carbonyl (C=O) groups is 1. The second-order valence-corrected chi connectivity index (χ2v) is 7.82. The first kappa shape index (κ1) is 20.2.